The number of nitrogens with zero attached hydrogens (tertiary/aromatic N) is 2. The molecule has 1 fully saturated rings. The number of aromatic nitrogens is 2. The van der Waals surface area contributed by atoms with E-state index < -0.39 is 15.4 Å². The molecular formula is C14H17ClN2O2S. The first-order chi connectivity index (χ1) is 9.36. The minimum absolute atomic E-state index is 0.156. The third-order valence-electron chi connectivity index (χ3n) is 4.09. The number of para-hydroxylation sites is 1. The van der Waals surface area contributed by atoms with Crippen LogP contribution in [0.2, 0.25) is 0 Å². The van der Waals surface area contributed by atoms with Gasteiger partial charge in [0, 0.05) is 0 Å². The Morgan fingerprint density at radius 3 is 2.80 bits per heavy atom. The maximum Gasteiger partial charge on any atom is 0.152 e. The van der Waals surface area contributed by atoms with Crippen molar-refractivity contribution >= 4 is 32.5 Å². The minimum Gasteiger partial charge on any atom is -0.320 e. The number of rotatable bonds is 2. The molecule has 0 amide bonds. The van der Waals surface area contributed by atoms with Crippen LogP contribution in [0.25, 0.3) is 11.0 Å². The lowest BCUT2D eigenvalue weighted by Gasteiger charge is -2.27. The van der Waals surface area contributed by atoms with Crippen LogP contribution in [0.3, 0.4) is 0 Å². The summed E-state index contributed by atoms with van der Waals surface area (Å²) in [4.78, 5) is 4.57. The van der Waals surface area contributed by atoms with Crippen LogP contribution in [0, 0.1) is 6.92 Å². The van der Waals surface area contributed by atoms with Gasteiger partial charge < -0.3 is 4.57 Å². The van der Waals surface area contributed by atoms with E-state index in [1.807, 2.05) is 32.0 Å². The maximum absolute atomic E-state index is 11.9. The van der Waals surface area contributed by atoms with Crippen molar-refractivity contribution in [2.45, 2.75) is 31.7 Å². The van der Waals surface area contributed by atoms with Gasteiger partial charge in [-0.3, -0.25) is 0 Å². The van der Waals surface area contributed by atoms with Crippen molar-refractivity contribution in [1.29, 1.82) is 0 Å². The SMILES string of the molecule is Cc1cccc2nc(CCl)n(C3(C)CCS(=O)(=O)C3)c12. The Labute approximate surface area is 123 Å². The monoisotopic (exact) mass is 312 g/mol. The first-order valence-corrected chi connectivity index (χ1v) is 8.96. The fourth-order valence-corrected chi connectivity index (χ4v) is 5.48. The number of hydrogen-bond donors (Lipinski definition) is 0. The second-order valence-electron chi connectivity index (χ2n) is 5.78. The highest BCUT2D eigenvalue weighted by molar-refractivity contribution is 7.91. The molecular weight excluding hydrogens is 296 g/mol. The zero-order chi connectivity index (χ0) is 14.5. The van der Waals surface area contributed by atoms with Crippen molar-refractivity contribution in [3.05, 3.63) is 29.6 Å². The number of sulfone groups is 1. The molecule has 0 saturated carbocycles. The van der Waals surface area contributed by atoms with E-state index in [-0.39, 0.29) is 17.4 Å². The Balaban J connectivity index is 2.30. The summed E-state index contributed by atoms with van der Waals surface area (Å²) in [6.07, 6.45) is 0.610. The largest absolute Gasteiger partial charge is 0.320 e. The van der Waals surface area contributed by atoms with Crippen molar-refractivity contribution in [3.8, 4) is 0 Å². The summed E-state index contributed by atoms with van der Waals surface area (Å²) in [5, 5.41) is 0. The topological polar surface area (TPSA) is 52.0 Å². The van der Waals surface area contributed by atoms with Gasteiger partial charge in [-0.05, 0) is 31.9 Å². The molecule has 1 aromatic heterocycles. The molecule has 1 unspecified atom stereocenters. The smallest absolute Gasteiger partial charge is 0.152 e. The zero-order valence-corrected chi connectivity index (χ0v) is 13.1. The third kappa shape index (κ3) is 2.04. The van der Waals surface area contributed by atoms with Crippen molar-refractivity contribution < 1.29 is 8.42 Å². The van der Waals surface area contributed by atoms with Crippen LogP contribution >= 0.6 is 11.6 Å². The molecule has 2 heterocycles. The van der Waals surface area contributed by atoms with E-state index in [2.05, 4.69) is 9.55 Å². The van der Waals surface area contributed by atoms with E-state index in [1.54, 1.807) is 0 Å². The third-order valence-corrected chi connectivity index (χ3v) is 6.22. The fraction of sp³-hybridized carbons (Fsp3) is 0.500. The van der Waals surface area contributed by atoms with Gasteiger partial charge in [-0.1, -0.05) is 12.1 Å². The van der Waals surface area contributed by atoms with Gasteiger partial charge in [0.25, 0.3) is 0 Å². The van der Waals surface area contributed by atoms with Crippen LogP contribution in [-0.4, -0.2) is 29.5 Å². The van der Waals surface area contributed by atoms with Crippen molar-refractivity contribution in [2.75, 3.05) is 11.5 Å². The highest BCUT2D eigenvalue weighted by atomic mass is 35.5. The van der Waals surface area contributed by atoms with Gasteiger partial charge in [0.15, 0.2) is 9.84 Å². The quantitative estimate of drug-likeness (QED) is 0.801. The summed E-state index contributed by atoms with van der Waals surface area (Å²) >= 11 is 6.03. The Hall–Kier alpha value is -1.07. The van der Waals surface area contributed by atoms with Crippen LogP contribution in [0.4, 0.5) is 0 Å². The number of hydrogen-bond acceptors (Lipinski definition) is 3. The van der Waals surface area contributed by atoms with E-state index in [0.717, 1.165) is 22.4 Å². The lowest BCUT2D eigenvalue weighted by atomic mass is 10.0. The molecule has 0 bridgehead atoms. The van der Waals surface area contributed by atoms with E-state index in [4.69, 9.17) is 11.6 Å². The van der Waals surface area contributed by atoms with Gasteiger partial charge in [-0.15, -0.1) is 11.6 Å². The second-order valence-corrected chi connectivity index (χ2v) is 8.23. The summed E-state index contributed by atoms with van der Waals surface area (Å²) in [6, 6.07) is 5.92. The summed E-state index contributed by atoms with van der Waals surface area (Å²) in [5.41, 5.74) is 2.52. The summed E-state index contributed by atoms with van der Waals surface area (Å²) < 4.78 is 25.8. The molecule has 1 aromatic carbocycles. The molecule has 0 N–H and O–H groups in total. The van der Waals surface area contributed by atoms with E-state index in [0.29, 0.717) is 6.42 Å². The molecule has 108 valence electrons. The molecule has 6 heteroatoms. The maximum atomic E-state index is 11.9. The molecule has 0 radical (unpaired) electrons. The average Bonchev–Trinajstić information content (AvgIpc) is 2.89. The molecule has 1 saturated heterocycles. The number of alkyl halides is 1. The Morgan fingerprint density at radius 2 is 2.20 bits per heavy atom. The van der Waals surface area contributed by atoms with Crippen LogP contribution in [0.15, 0.2) is 18.2 Å². The van der Waals surface area contributed by atoms with Crippen LogP contribution in [0.1, 0.15) is 24.7 Å². The summed E-state index contributed by atoms with van der Waals surface area (Å²) in [7, 11) is -2.98. The number of aryl methyl sites for hydroxylation is 1. The lowest BCUT2D eigenvalue weighted by molar-refractivity contribution is 0.367. The van der Waals surface area contributed by atoms with E-state index >= 15 is 0 Å². The van der Waals surface area contributed by atoms with Crippen LogP contribution in [0.5, 0.6) is 0 Å². The predicted molar refractivity (Wildman–Crippen MR) is 80.9 cm³/mol. The van der Waals surface area contributed by atoms with Crippen LogP contribution < -0.4 is 0 Å². The number of fused-ring (bicyclic) bond motifs is 1. The van der Waals surface area contributed by atoms with Crippen molar-refractivity contribution in [2.24, 2.45) is 0 Å². The molecule has 20 heavy (non-hydrogen) atoms. The standard InChI is InChI=1S/C14H17ClN2O2S/c1-10-4-3-5-11-13(10)17(12(8-15)16-11)14(2)6-7-20(18,19)9-14/h3-5H,6-9H2,1-2H3. The molecule has 1 aliphatic heterocycles. The van der Waals surface area contributed by atoms with E-state index in [1.165, 1.54) is 0 Å². The van der Waals surface area contributed by atoms with Gasteiger partial charge in [0.1, 0.15) is 5.82 Å². The van der Waals surface area contributed by atoms with E-state index in [9.17, 15) is 8.42 Å². The van der Waals surface area contributed by atoms with Crippen molar-refractivity contribution in [3.63, 3.8) is 0 Å². The van der Waals surface area contributed by atoms with Gasteiger partial charge in [-0.25, -0.2) is 13.4 Å². The summed E-state index contributed by atoms with van der Waals surface area (Å²) in [5.74, 6) is 1.42. The molecule has 0 spiro atoms. The molecule has 3 rings (SSSR count). The Morgan fingerprint density at radius 1 is 1.45 bits per heavy atom. The van der Waals surface area contributed by atoms with Gasteiger partial charge in [0.2, 0.25) is 0 Å². The van der Waals surface area contributed by atoms with Gasteiger partial charge >= 0.3 is 0 Å². The average molecular weight is 313 g/mol. The van der Waals surface area contributed by atoms with Crippen molar-refractivity contribution in [1.82, 2.24) is 9.55 Å². The molecule has 4 nitrogen and oxygen atoms in total. The number of benzene rings is 1. The number of imidazole rings is 1. The lowest BCUT2D eigenvalue weighted by Crippen LogP contribution is -2.32. The fourth-order valence-electron chi connectivity index (χ4n) is 3.18. The summed E-state index contributed by atoms with van der Waals surface area (Å²) in [6.45, 7) is 4.01. The molecule has 1 atom stereocenters. The minimum atomic E-state index is -2.98. The Kier molecular flexibility index (Phi) is 3.10. The second kappa shape index (κ2) is 4.46. The first kappa shape index (κ1) is 13.9. The van der Waals surface area contributed by atoms with Gasteiger partial charge in [-0.2, -0.15) is 0 Å². The number of halogens is 1. The first-order valence-electron chi connectivity index (χ1n) is 6.60. The molecule has 1 aliphatic rings. The Bertz CT molecular complexity index is 782. The zero-order valence-electron chi connectivity index (χ0n) is 11.6. The molecule has 2 aromatic rings. The predicted octanol–water partition coefficient (Wildman–Crippen LogP) is 2.62. The highest BCUT2D eigenvalue weighted by Gasteiger charge is 2.41. The van der Waals surface area contributed by atoms with Crippen LogP contribution in [-0.2, 0) is 21.3 Å². The normalized spacial score (nSPS) is 25.4. The highest BCUT2D eigenvalue weighted by Crippen LogP contribution is 2.36. The van der Waals surface area contributed by atoms with Gasteiger partial charge in [0.05, 0.1) is 34.0 Å². The molecule has 0 aliphatic carbocycles.